The van der Waals surface area contributed by atoms with Gasteiger partial charge in [-0.2, -0.15) is 5.26 Å². The standard InChI is InChI=1S/C19H27NO/c1-4-7-16-10-12-19(14-20,13-11-16)18(3,21)17-9-6-5-8-15(17)2/h5-6,8-9,16,21H,4,7,10-13H2,1-3H3. The van der Waals surface area contributed by atoms with E-state index in [0.717, 1.165) is 42.7 Å². The van der Waals surface area contributed by atoms with E-state index in [0.29, 0.717) is 0 Å². The van der Waals surface area contributed by atoms with Gasteiger partial charge in [-0.3, -0.25) is 0 Å². The van der Waals surface area contributed by atoms with E-state index in [4.69, 9.17) is 0 Å². The molecule has 0 heterocycles. The first-order valence-electron chi connectivity index (χ1n) is 8.16. The fourth-order valence-electron chi connectivity index (χ4n) is 3.95. The number of hydrogen-bond donors (Lipinski definition) is 1. The Bertz CT molecular complexity index is 519. The summed E-state index contributed by atoms with van der Waals surface area (Å²) in [5, 5.41) is 21.1. The molecule has 2 rings (SSSR count). The molecule has 1 aromatic carbocycles. The molecule has 2 nitrogen and oxygen atoms in total. The molecule has 2 heteroatoms. The SMILES string of the molecule is CCCC1CCC(C#N)(C(C)(O)c2ccccc2C)CC1. The zero-order chi connectivity index (χ0) is 15.5. The van der Waals surface area contributed by atoms with Gasteiger partial charge < -0.3 is 5.11 Å². The highest BCUT2D eigenvalue weighted by Gasteiger charge is 2.50. The van der Waals surface area contributed by atoms with Gasteiger partial charge in [-0.25, -0.2) is 0 Å². The monoisotopic (exact) mass is 285 g/mol. The molecule has 0 spiro atoms. The molecule has 0 radical (unpaired) electrons. The summed E-state index contributed by atoms with van der Waals surface area (Å²) in [6.07, 6.45) is 6.17. The Balaban J connectivity index is 2.29. The minimum absolute atomic E-state index is 0.649. The van der Waals surface area contributed by atoms with Crippen molar-refractivity contribution in [2.45, 2.75) is 64.9 Å². The molecule has 0 aromatic heterocycles. The molecular formula is C19H27NO. The summed E-state index contributed by atoms with van der Waals surface area (Å²) >= 11 is 0. The van der Waals surface area contributed by atoms with E-state index in [1.807, 2.05) is 38.1 Å². The van der Waals surface area contributed by atoms with E-state index < -0.39 is 11.0 Å². The van der Waals surface area contributed by atoms with Gasteiger partial charge in [0.2, 0.25) is 0 Å². The summed E-state index contributed by atoms with van der Waals surface area (Å²) in [5.74, 6) is 0.726. The lowest BCUT2D eigenvalue weighted by atomic mass is 9.60. The highest BCUT2D eigenvalue weighted by atomic mass is 16.3. The van der Waals surface area contributed by atoms with E-state index in [-0.39, 0.29) is 0 Å². The molecule has 0 bridgehead atoms. The lowest BCUT2D eigenvalue weighted by Gasteiger charge is -2.45. The summed E-state index contributed by atoms with van der Waals surface area (Å²) < 4.78 is 0. The minimum atomic E-state index is -1.08. The van der Waals surface area contributed by atoms with Gasteiger partial charge in [-0.05, 0) is 56.6 Å². The van der Waals surface area contributed by atoms with E-state index in [9.17, 15) is 10.4 Å². The van der Waals surface area contributed by atoms with Gasteiger partial charge in [0.1, 0.15) is 5.60 Å². The Kier molecular flexibility index (Phi) is 4.74. The van der Waals surface area contributed by atoms with Crippen molar-refractivity contribution in [2.24, 2.45) is 11.3 Å². The van der Waals surface area contributed by atoms with Crippen LogP contribution >= 0.6 is 0 Å². The molecule has 0 aliphatic heterocycles. The van der Waals surface area contributed by atoms with Crippen LogP contribution in [0, 0.1) is 29.6 Å². The maximum Gasteiger partial charge on any atom is 0.106 e. The Labute approximate surface area is 128 Å². The Morgan fingerprint density at radius 1 is 1.33 bits per heavy atom. The van der Waals surface area contributed by atoms with Gasteiger partial charge in [0.25, 0.3) is 0 Å². The van der Waals surface area contributed by atoms with Crippen molar-refractivity contribution < 1.29 is 5.11 Å². The van der Waals surface area contributed by atoms with Crippen molar-refractivity contribution in [1.82, 2.24) is 0 Å². The van der Waals surface area contributed by atoms with E-state index in [1.54, 1.807) is 0 Å². The number of hydrogen-bond acceptors (Lipinski definition) is 2. The third kappa shape index (κ3) is 2.85. The number of benzene rings is 1. The normalized spacial score (nSPS) is 28.6. The largest absolute Gasteiger partial charge is 0.384 e. The maximum atomic E-state index is 11.2. The van der Waals surface area contributed by atoms with Crippen LogP contribution in [0.3, 0.4) is 0 Å². The maximum absolute atomic E-state index is 11.2. The zero-order valence-corrected chi connectivity index (χ0v) is 13.5. The first-order chi connectivity index (χ1) is 9.97. The van der Waals surface area contributed by atoms with Gasteiger partial charge in [-0.15, -0.1) is 0 Å². The fraction of sp³-hybridized carbons (Fsp3) is 0.632. The van der Waals surface area contributed by atoms with Crippen molar-refractivity contribution in [2.75, 3.05) is 0 Å². The third-order valence-electron chi connectivity index (χ3n) is 5.47. The van der Waals surface area contributed by atoms with Crippen molar-refractivity contribution in [3.8, 4) is 6.07 Å². The van der Waals surface area contributed by atoms with Gasteiger partial charge in [0.05, 0.1) is 11.5 Å². The average molecular weight is 285 g/mol. The van der Waals surface area contributed by atoms with Crippen LogP contribution in [0.1, 0.15) is 63.5 Å². The lowest BCUT2D eigenvalue weighted by Crippen LogP contribution is -2.45. The predicted octanol–water partition coefficient (Wildman–Crippen LogP) is 4.70. The molecule has 0 amide bonds. The van der Waals surface area contributed by atoms with Crippen LogP contribution in [-0.2, 0) is 5.60 Å². The van der Waals surface area contributed by atoms with Crippen LogP contribution in [0.15, 0.2) is 24.3 Å². The first kappa shape index (κ1) is 16.0. The zero-order valence-electron chi connectivity index (χ0n) is 13.5. The Morgan fingerprint density at radius 2 is 1.95 bits per heavy atom. The van der Waals surface area contributed by atoms with Gasteiger partial charge in [0, 0.05) is 0 Å². The van der Waals surface area contributed by atoms with E-state index >= 15 is 0 Å². The van der Waals surface area contributed by atoms with Crippen molar-refractivity contribution in [1.29, 1.82) is 5.26 Å². The number of nitriles is 1. The lowest BCUT2D eigenvalue weighted by molar-refractivity contribution is -0.0704. The summed E-state index contributed by atoms with van der Waals surface area (Å²) in [4.78, 5) is 0. The molecule has 1 atom stereocenters. The van der Waals surface area contributed by atoms with Crippen LogP contribution in [0.4, 0.5) is 0 Å². The van der Waals surface area contributed by atoms with Crippen molar-refractivity contribution in [3.05, 3.63) is 35.4 Å². The molecule has 1 aliphatic rings. The quantitative estimate of drug-likeness (QED) is 0.871. The Hall–Kier alpha value is -1.33. The van der Waals surface area contributed by atoms with Crippen LogP contribution in [-0.4, -0.2) is 5.11 Å². The first-order valence-corrected chi connectivity index (χ1v) is 8.16. The summed E-state index contributed by atoms with van der Waals surface area (Å²) in [5.41, 5.74) is 0.237. The van der Waals surface area contributed by atoms with Crippen LogP contribution in [0.25, 0.3) is 0 Å². The van der Waals surface area contributed by atoms with Crippen LogP contribution < -0.4 is 0 Å². The molecular weight excluding hydrogens is 258 g/mol. The second-order valence-corrected chi connectivity index (χ2v) is 6.81. The average Bonchev–Trinajstić information content (AvgIpc) is 2.48. The second-order valence-electron chi connectivity index (χ2n) is 6.81. The second kappa shape index (κ2) is 6.20. The molecule has 114 valence electrons. The highest BCUT2D eigenvalue weighted by Crippen LogP contribution is 2.51. The van der Waals surface area contributed by atoms with Crippen molar-refractivity contribution in [3.63, 3.8) is 0 Å². The molecule has 0 saturated heterocycles. The molecule has 1 fully saturated rings. The molecule has 1 N–H and O–H groups in total. The third-order valence-corrected chi connectivity index (χ3v) is 5.47. The number of aliphatic hydroxyl groups is 1. The minimum Gasteiger partial charge on any atom is -0.384 e. The van der Waals surface area contributed by atoms with Crippen LogP contribution in [0.5, 0.6) is 0 Å². The molecule has 1 unspecified atom stereocenters. The van der Waals surface area contributed by atoms with Gasteiger partial charge in [-0.1, -0.05) is 44.0 Å². The van der Waals surface area contributed by atoms with E-state index in [1.165, 1.54) is 12.8 Å². The molecule has 1 aliphatic carbocycles. The van der Waals surface area contributed by atoms with Gasteiger partial charge >= 0.3 is 0 Å². The van der Waals surface area contributed by atoms with Crippen LogP contribution in [0.2, 0.25) is 0 Å². The molecule has 1 aromatic rings. The van der Waals surface area contributed by atoms with E-state index in [2.05, 4.69) is 13.0 Å². The predicted molar refractivity (Wildman–Crippen MR) is 85.7 cm³/mol. The number of rotatable bonds is 4. The van der Waals surface area contributed by atoms with Gasteiger partial charge in [0.15, 0.2) is 0 Å². The summed E-state index contributed by atoms with van der Waals surface area (Å²) in [6, 6.07) is 10.4. The summed E-state index contributed by atoms with van der Waals surface area (Å²) in [7, 11) is 0. The fourth-order valence-corrected chi connectivity index (χ4v) is 3.95. The topological polar surface area (TPSA) is 44.0 Å². The molecule has 1 saturated carbocycles. The number of aryl methyl sites for hydroxylation is 1. The molecule has 21 heavy (non-hydrogen) atoms. The number of nitrogens with zero attached hydrogens (tertiary/aromatic N) is 1. The van der Waals surface area contributed by atoms with Crippen molar-refractivity contribution >= 4 is 0 Å². The Morgan fingerprint density at radius 3 is 2.48 bits per heavy atom. The smallest absolute Gasteiger partial charge is 0.106 e. The highest BCUT2D eigenvalue weighted by molar-refractivity contribution is 5.35. The summed E-state index contributed by atoms with van der Waals surface area (Å²) in [6.45, 7) is 6.06.